The highest BCUT2D eigenvalue weighted by Crippen LogP contribution is 2.18. The molecule has 3 aromatic rings. The Kier molecular flexibility index (Phi) is 5.50. The summed E-state index contributed by atoms with van der Waals surface area (Å²) in [5.41, 5.74) is 2.14. The summed E-state index contributed by atoms with van der Waals surface area (Å²) in [6.07, 6.45) is 2.25. The van der Waals surface area contributed by atoms with Crippen LogP contribution in [0.4, 0.5) is 0 Å². The lowest BCUT2D eigenvalue weighted by atomic mass is 10.1. The summed E-state index contributed by atoms with van der Waals surface area (Å²) in [7, 11) is 0. The molecule has 0 radical (unpaired) electrons. The average molecular weight is 358 g/mol. The summed E-state index contributed by atoms with van der Waals surface area (Å²) in [5, 5.41) is 5.41. The highest BCUT2D eigenvalue weighted by molar-refractivity contribution is 5.98. The number of hydrogen-bond acceptors (Lipinski definition) is 2. The maximum Gasteiger partial charge on any atom is 0.251 e. The van der Waals surface area contributed by atoms with Crippen molar-refractivity contribution in [1.82, 2.24) is 10.2 Å². The number of hydrogen-bond donors (Lipinski definition) is 1. The molecule has 1 amide bonds. The molecule has 1 aliphatic heterocycles. The van der Waals surface area contributed by atoms with Crippen molar-refractivity contribution in [3.63, 3.8) is 0 Å². The van der Waals surface area contributed by atoms with Gasteiger partial charge >= 0.3 is 0 Å². The Hall–Kier alpha value is -2.65. The molecule has 0 aromatic heterocycles. The maximum absolute atomic E-state index is 12.5. The molecule has 4 rings (SSSR count). The molecule has 3 aromatic carbocycles. The second kappa shape index (κ2) is 8.36. The molecule has 1 saturated heterocycles. The third-order valence-corrected chi connectivity index (χ3v) is 5.49. The molecule has 0 saturated carbocycles. The lowest BCUT2D eigenvalue weighted by Gasteiger charge is -2.16. The molecule has 3 heteroatoms. The molecule has 1 aliphatic rings. The quantitative estimate of drug-likeness (QED) is 0.718. The molecule has 27 heavy (non-hydrogen) atoms. The first-order chi connectivity index (χ1) is 13.3. The number of carbonyl (C=O) groups is 1. The fraction of sp³-hybridized carbons (Fsp3) is 0.292. The molecule has 1 fully saturated rings. The zero-order valence-electron chi connectivity index (χ0n) is 15.6. The largest absolute Gasteiger partial charge is 0.352 e. The summed E-state index contributed by atoms with van der Waals surface area (Å²) in [4.78, 5) is 15.0. The van der Waals surface area contributed by atoms with E-state index >= 15 is 0 Å². The van der Waals surface area contributed by atoms with Crippen LogP contribution in [0.2, 0.25) is 0 Å². The zero-order chi connectivity index (χ0) is 18.5. The highest BCUT2D eigenvalue weighted by Gasteiger charge is 2.22. The fourth-order valence-electron chi connectivity index (χ4n) is 3.88. The van der Waals surface area contributed by atoms with Crippen molar-refractivity contribution >= 4 is 16.7 Å². The van der Waals surface area contributed by atoms with Crippen molar-refractivity contribution < 1.29 is 4.79 Å². The van der Waals surface area contributed by atoms with E-state index in [4.69, 9.17) is 0 Å². The molecule has 0 aliphatic carbocycles. The Morgan fingerprint density at radius 2 is 1.74 bits per heavy atom. The second-order valence-corrected chi connectivity index (χ2v) is 7.46. The minimum absolute atomic E-state index is 0.0310. The van der Waals surface area contributed by atoms with Gasteiger partial charge in [0, 0.05) is 25.2 Å². The van der Waals surface area contributed by atoms with Gasteiger partial charge in [0.15, 0.2) is 0 Å². The number of fused-ring (bicyclic) bond motifs is 1. The van der Waals surface area contributed by atoms with Gasteiger partial charge in [0.2, 0.25) is 0 Å². The zero-order valence-corrected chi connectivity index (χ0v) is 15.6. The third-order valence-electron chi connectivity index (χ3n) is 5.49. The van der Waals surface area contributed by atoms with Crippen LogP contribution in [0.3, 0.4) is 0 Å². The molecule has 1 unspecified atom stereocenters. The first-order valence-corrected chi connectivity index (χ1v) is 9.81. The molecule has 3 nitrogen and oxygen atoms in total. The van der Waals surface area contributed by atoms with E-state index in [0.717, 1.165) is 50.0 Å². The molecular weight excluding hydrogens is 332 g/mol. The highest BCUT2D eigenvalue weighted by atomic mass is 16.1. The number of nitrogens with one attached hydrogen (secondary N) is 1. The summed E-state index contributed by atoms with van der Waals surface area (Å²) < 4.78 is 0. The van der Waals surface area contributed by atoms with Gasteiger partial charge in [-0.2, -0.15) is 0 Å². The van der Waals surface area contributed by atoms with Gasteiger partial charge in [-0.1, -0.05) is 60.7 Å². The number of rotatable bonds is 6. The van der Waals surface area contributed by atoms with E-state index in [1.165, 1.54) is 10.9 Å². The molecule has 1 heterocycles. The van der Waals surface area contributed by atoms with Crippen LogP contribution < -0.4 is 5.32 Å². The smallest absolute Gasteiger partial charge is 0.251 e. The number of amides is 1. The van der Waals surface area contributed by atoms with Crippen LogP contribution in [-0.4, -0.2) is 37.0 Å². The van der Waals surface area contributed by atoms with Crippen molar-refractivity contribution in [3.8, 4) is 0 Å². The summed E-state index contributed by atoms with van der Waals surface area (Å²) in [5.74, 6) is 0.577. The number of carbonyl (C=O) groups excluding carboxylic acids is 1. The number of nitrogens with zero attached hydrogens (tertiary/aromatic N) is 1. The van der Waals surface area contributed by atoms with Crippen LogP contribution in [0.1, 0.15) is 22.3 Å². The second-order valence-electron chi connectivity index (χ2n) is 7.46. The van der Waals surface area contributed by atoms with Crippen molar-refractivity contribution in [2.24, 2.45) is 5.92 Å². The van der Waals surface area contributed by atoms with Crippen LogP contribution >= 0.6 is 0 Å². The Morgan fingerprint density at radius 1 is 0.963 bits per heavy atom. The number of benzene rings is 3. The van der Waals surface area contributed by atoms with Crippen molar-refractivity contribution in [3.05, 3.63) is 83.9 Å². The predicted molar refractivity (Wildman–Crippen MR) is 111 cm³/mol. The molecule has 1 N–H and O–H groups in total. The molecule has 1 atom stereocenters. The van der Waals surface area contributed by atoms with Crippen molar-refractivity contribution in [2.45, 2.75) is 12.8 Å². The van der Waals surface area contributed by atoms with Crippen LogP contribution in [0.25, 0.3) is 10.8 Å². The van der Waals surface area contributed by atoms with Gasteiger partial charge in [-0.15, -0.1) is 0 Å². The topological polar surface area (TPSA) is 32.3 Å². The third kappa shape index (κ3) is 4.55. The van der Waals surface area contributed by atoms with Crippen LogP contribution in [0.15, 0.2) is 72.8 Å². The van der Waals surface area contributed by atoms with Crippen LogP contribution in [0.5, 0.6) is 0 Å². The standard InChI is InChI=1S/C24H26N2O/c27-24(23-11-10-21-8-4-5-9-22(21)16-23)25-17-20-13-15-26(18-20)14-12-19-6-2-1-3-7-19/h1-11,16,20H,12-15,17-18H2,(H,25,27). The van der Waals surface area contributed by atoms with Gasteiger partial charge < -0.3 is 10.2 Å². The van der Waals surface area contributed by atoms with E-state index in [9.17, 15) is 4.79 Å². The normalized spacial score (nSPS) is 17.3. The van der Waals surface area contributed by atoms with Crippen LogP contribution in [0, 0.1) is 5.92 Å². The first kappa shape index (κ1) is 17.7. The monoisotopic (exact) mass is 358 g/mol. The molecular formula is C24H26N2O. The first-order valence-electron chi connectivity index (χ1n) is 9.81. The molecule has 0 bridgehead atoms. The van der Waals surface area contributed by atoms with Gasteiger partial charge in [0.1, 0.15) is 0 Å². The van der Waals surface area contributed by atoms with Gasteiger partial charge in [0.05, 0.1) is 0 Å². The lowest BCUT2D eigenvalue weighted by molar-refractivity contribution is 0.0947. The average Bonchev–Trinajstić information content (AvgIpc) is 3.19. The van der Waals surface area contributed by atoms with E-state index in [2.05, 4.69) is 46.6 Å². The van der Waals surface area contributed by atoms with E-state index in [0.29, 0.717) is 5.92 Å². The fourth-order valence-corrected chi connectivity index (χ4v) is 3.88. The van der Waals surface area contributed by atoms with Gasteiger partial charge in [-0.05, 0) is 53.8 Å². The Morgan fingerprint density at radius 3 is 2.59 bits per heavy atom. The predicted octanol–water partition coefficient (Wildman–Crippen LogP) is 4.13. The lowest BCUT2D eigenvalue weighted by Crippen LogP contribution is -2.31. The minimum Gasteiger partial charge on any atom is -0.352 e. The van der Waals surface area contributed by atoms with Crippen molar-refractivity contribution in [2.75, 3.05) is 26.2 Å². The Labute approximate surface area is 161 Å². The van der Waals surface area contributed by atoms with Crippen molar-refractivity contribution in [1.29, 1.82) is 0 Å². The van der Waals surface area contributed by atoms with Gasteiger partial charge in [0.25, 0.3) is 5.91 Å². The van der Waals surface area contributed by atoms with E-state index in [-0.39, 0.29) is 5.91 Å². The van der Waals surface area contributed by atoms with Gasteiger partial charge in [-0.25, -0.2) is 0 Å². The maximum atomic E-state index is 12.5. The Balaban J connectivity index is 1.25. The summed E-state index contributed by atoms with van der Waals surface area (Å²) >= 11 is 0. The van der Waals surface area contributed by atoms with E-state index < -0.39 is 0 Å². The Bertz CT molecular complexity index is 906. The van der Waals surface area contributed by atoms with E-state index in [1.807, 2.05) is 36.4 Å². The summed E-state index contributed by atoms with van der Waals surface area (Å²) in [6.45, 7) is 4.06. The molecule has 138 valence electrons. The number of likely N-dealkylation sites (tertiary alicyclic amines) is 1. The SMILES string of the molecule is O=C(NCC1CCN(CCc2ccccc2)C1)c1ccc2ccccc2c1. The van der Waals surface area contributed by atoms with Crippen LogP contribution in [-0.2, 0) is 6.42 Å². The minimum atomic E-state index is 0.0310. The van der Waals surface area contributed by atoms with Gasteiger partial charge in [-0.3, -0.25) is 4.79 Å². The molecule has 0 spiro atoms. The summed E-state index contributed by atoms with van der Waals surface area (Å²) in [6, 6.07) is 24.7. The van der Waals surface area contributed by atoms with E-state index in [1.54, 1.807) is 0 Å².